The molecule has 0 amide bonds. The van der Waals surface area contributed by atoms with Gasteiger partial charge in [-0.25, -0.2) is 4.39 Å². The number of pyridine rings is 1. The number of nitrogens with zero attached hydrogens (tertiary/aromatic N) is 1. The summed E-state index contributed by atoms with van der Waals surface area (Å²) in [5, 5.41) is 0. The van der Waals surface area contributed by atoms with Gasteiger partial charge in [0, 0.05) is 18.3 Å². The molecule has 2 aromatic rings. The van der Waals surface area contributed by atoms with Crippen molar-refractivity contribution in [3.05, 3.63) is 64.7 Å². The standard InChI is InChI=1S/C15H14FN.C2H6/c1-10-14-8-13(16)5-4-11(14)2-3-12-6-7-17-9-15(10)12;1-2/h4-10H,2-3H2,1H3;1-2H3. The highest BCUT2D eigenvalue weighted by Crippen LogP contribution is 2.33. The second-order valence-corrected chi connectivity index (χ2v) is 4.64. The molecule has 1 aliphatic rings. The van der Waals surface area contributed by atoms with E-state index in [2.05, 4.69) is 18.0 Å². The molecule has 1 aliphatic carbocycles. The number of fused-ring (bicyclic) bond motifs is 2. The second-order valence-electron chi connectivity index (χ2n) is 4.64. The van der Waals surface area contributed by atoms with Crippen molar-refractivity contribution in [3.63, 3.8) is 0 Å². The molecule has 1 aromatic heterocycles. The molecule has 1 atom stereocenters. The first-order chi connectivity index (χ1) is 9.25. The zero-order chi connectivity index (χ0) is 13.8. The van der Waals surface area contributed by atoms with Gasteiger partial charge in [0.2, 0.25) is 0 Å². The summed E-state index contributed by atoms with van der Waals surface area (Å²) < 4.78 is 13.4. The molecule has 0 fully saturated rings. The van der Waals surface area contributed by atoms with Crippen LogP contribution in [0.3, 0.4) is 0 Å². The summed E-state index contributed by atoms with van der Waals surface area (Å²) in [4.78, 5) is 4.19. The molecule has 19 heavy (non-hydrogen) atoms. The van der Waals surface area contributed by atoms with E-state index in [1.54, 1.807) is 12.1 Å². The van der Waals surface area contributed by atoms with E-state index in [1.807, 2.05) is 32.3 Å². The lowest BCUT2D eigenvalue weighted by Crippen LogP contribution is -2.00. The van der Waals surface area contributed by atoms with E-state index < -0.39 is 0 Å². The number of rotatable bonds is 0. The average molecular weight is 257 g/mol. The Kier molecular flexibility index (Phi) is 4.31. The summed E-state index contributed by atoms with van der Waals surface area (Å²) in [7, 11) is 0. The van der Waals surface area contributed by atoms with Gasteiger partial charge in [-0.1, -0.05) is 26.8 Å². The van der Waals surface area contributed by atoms with Gasteiger partial charge in [0.15, 0.2) is 0 Å². The highest BCUT2D eigenvalue weighted by atomic mass is 19.1. The van der Waals surface area contributed by atoms with Crippen LogP contribution in [-0.2, 0) is 12.8 Å². The first-order valence-corrected chi connectivity index (χ1v) is 6.97. The van der Waals surface area contributed by atoms with Crippen molar-refractivity contribution in [2.45, 2.75) is 39.5 Å². The smallest absolute Gasteiger partial charge is 0.123 e. The van der Waals surface area contributed by atoms with Gasteiger partial charge in [0.05, 0.1) is 0 Å². The number of aryl methyl sites for hydroxylation is 2. The molecule has 0 saturated carbocycles. The molecule has 0 bridgehead atoms. The van der Waals surface area contributed by atoms with Crippen LogP contribution in [0.5, 0.6) is 0 Å². The maximum Gasteiger partial charge on any atom is 0.123 e. The van der Waals surface area contributed by atoms with Crippen LogP contribution in [0.1, 0.15) is 48.9 Å². The third-order valence-electron chi connectivity index (χ3n) is 3.65. The predicted molar refractivity (Wildman–Crippen MR) is 76.9 cm³/mol. The van der Waals surface area contributed by atoms with Gasteiger partial charge in [-0.3, -0.25) is 4.98 Å². The van der Waals surface area contributed by atoms with Crippen molar-refractivity contribution in [1.29, 1.82) is 0 Å². The van der Waals surface area contributed by atoms with Gasteiger partial charge in [-0.05, 0) is 53.3 Å². The number of hydrogen-bond donors (Lipinski definition) is 0. The van der Waals surface area contributed by atoms with Crippen molar-refractivity contribution in [1.82, 2.24) is 4.98 Å². The third-order valence-corrected chi connectivity index (χ3v) is 3.65. The number of halogens is 1. The molecule has 0 N–H and O–H groups in total. The Morgan fingerprint density at radius 1 is 1.05 bits per heavy atom. The topological polar surface area (TPSA) is 12.9 Å². The minimum absolute atomic E-state index is 0.150. The van der Waals surface area contributed by atoms with Crippen LogP contribution < -0.4 is 0 Å². The maximum atomic E-state index is 13.4. The Morgan fingerprint density at radius 2 is 1.74 bits per heavy atom. The van der Waals surface area contributed by atoms with Gasteiger partial charge in [0.25, 0.3) is 0 Å². The second kappa shape index (κ2) is 5.96. The molecule has 1 aromatic carbocycles. The van der Waals surface area contributed by atoms with Gasteiger partial charge < -0.3 is 0 Å². The van der Waals surface area contributed by atoms with Crippen LogP contribution in [0.4, 0.5) is 4.39 Å². The molecule has 1 unspecified atom stereocenters. The quantitative estimate of drug-likeness (QED) is 0.677. The highest BCUT2D eigenvalue weighted by Gasteiger charge is 2.20. The van der Waals surface area contributed by atoms with Crippen LogP contribution >= 0.6 is 0 Å². The highest BCUT2D eigenvalue weighted by molar-refractivity contribution is 5.43. The van der Waals surface area contributed by atoms with Crippen molar-refractivity contribution in [3.8, 4) is 0 Å². The number of aromatic nitrogens is 1. The van der Waals surface area contributed by atoms with E-state index in [1.165, 1.54) is 16.7 Å². The van der Waals surface area contributed by atoms with Crippen molar-refractivity contribution in [2.75, 3.05) is 0 Å². The maximum absolute atomic E-state index is 13.4. The molecule has 100 valence electrons. The predicted octanol–water partition coefficient (Wildman–Crippen LogP) is 4.50. The van der Waals surface area contributed by atoms with Crippen molar-refractivity contribution >= 4 is 0 Å². The minimum Gasteiger partial charge on any atom is -0.264 e. The molecule has 0 spiro atoms. The SMILES string of the molecule is CC.CC1c2cnccc2CCc2ccc(F)cc21. The molecule has 0 aliphatic heterocycles. The van der Waals surface area contributed by atoms with Crippen LogP contribution in [0.25, 0.3) is 0 Å². The average Bonchev–Trinajstić information content (AvgIpc) is 2.60. The monoisotopic (exact) mass is 257 g/mol. The molecule has 0 saturated heterocycles. The Bertz CT molecular complexity index is 563. The van der Waals surface area contributed by atoms with Crippen LogP contribution in [-0.4, -0.2) is 4.98 Å². The lowest BCUT2D eigenvalue weighted by molar-refractivity contribution is 0.623. The molecule has 1 heterocycles. The summed E-state index contributed by atoms with van der Waals surface area (Å²) in [6.45, 7) is 6.13. The molecule has 0 radical (unpaired) electrons. The fraction of sp³-hybridized carbons (Fsp3) is 0.353. The van der Waals surface area contributed by atoms with Crippen molar-refractivity contribution < 1.29 is 4.39 Å². The van der Waals surface area contributed by atoms with Gasteiger partial charge in [-0.2, -0.15) is 0 Å². The molecule has 1 nitrogen and oxygen atoms in total. The lowest BCUT2D eigenvalue weighted by Gasteiger charge is -2.14. The molecular formula is C17H20FN. The summed E-state index contributed by atoms with van der Waals surface area (Å²) in [6, 6.07) is 7.22. The van der Waals surface area contributed by atoms with E-state index in [-0.39, 0.29) is 11.7 Å². The van der Waals surface area contributed by atoms with Crippen LogP contribution in [0.15, 0.2) is 36.7 Å². The number of benzene rings is 1. The van der Waals surface area contributed by atoms with Crippen molar-refractivity contribution in [2.24, 2.45) is 0 Å². The van der Waals surface area contributed by atoms with Crippen LogP contribution in [0, 0.1) is 5.82 Å². The van der Waals surface area contributed by atoms with E-state index in [9.17, 15) is 4.39 Å². The summed E-state index contributed by atoms with van der Waals surface area (Å²) in [5.41, 5.74) is 4.94. The third kappa shape index (κ3) is 2.67. The first kappa shape index (κ1) is 13.7. The Labute approximate surface area is 114 Å². The summed E-state index contributed by atoms with van der Waals surface area (Å²) >= 11 is 0. The van der Waals surface area contributed by atoms with Crippen LogP contribution in [0.2, 0.25) is 0 Å². The molecule has 2 heteroatoms. The fourth-order valence-corrected chi connectivity index (χ4v) is 2.69. The number of hydrogen-bond acceptors (Lipinski definition) is 1. The van der Waals surface area contributed by atoms with Gasteiger partial charge in [-0.15, -0.1) is 0 Å². The zero-order valence-electron chi connectivity index (χ0n) is 11.8. The summed E-state index contributed by atoms with van der Waals surface area (Å²) in [6.07, 6.45) is 5.75. The van der Waals surface area contributed by atoms with E-state index in [0.717, 1.165) is 18.4 Å². The van der Waals surface area contributed by atoms with E-state index in [4.69, 9.17) is 0 Å². The van der Waals surface area contributed by atoms with E-state index >= 15 is 0 Å². The summed E-state index contributed by atoms with van der Waals surface area (Å²) in [5.74, 6) is 0.0786. The Morgan fingerprint density at radius 3 is 2.47 bits per heavy atom. The lowest BCUT2D eigenvalue weighted by atomic mass is 9.91. The Hall–Kier alpha value is -1.70. The molecule has 3 rings (SSSR count). The van der Waals surface area contributed by atoms with Gasteiger partial charge >= 0.3 is 0 Å². The fourth-order valence-electron chi connectivity index (χ4n) is 2.69. The normalized spacial score (nSPS) is 16.5. The van der Waals surface area contributed by atoms with Gasteiger partial charge in [0.1, 0.15) is 5.82 Å². The largest absolute Gasteiger partial charge is 0.264 e. The van der Waals surface area contributed by atoms with E-state index in [0.29, 0.717) is 0 Å². The first-order valence-electron chi connectivity index (χ1n) is 6.97. The minimum atomic E-state index is -0.150. The molecular weight excluding hydrogens is 237 g/mol. The Balaban J connectivity index is 0.000000637. The zero-order valence-corrected chi connectivity index (χ0v) is 11.8.